The van der Waals surface area contributed by atoms with Gasteiger partial charge in [-0.2, -0.15) is 0 Å². The molecule has 0 bridgehead atoms. The highest BCUT2D eigenvalue weighted by Crippen LogP contribution is 2.19. The molecule has 1 saturated heterocycles. The maximum atomic E-state index is 13.2. The number of para-hydroxylation sites is 2. The molecule has 0 spiro atoms. The Morgan fingerprint density at radius 3 is 2.18 bits per heavy atom. The van der Waals surface area contributed by atoms with E-state index in [-0.39, 0.29) is 11.8 Å². The molecule has 4 aromatic rings. The zero-order valence-electron chi connectivity index (χ0n) is 18.6. The summed E-state index contributed by atoms with van der Waals surface area (Å²) >= 11 is 0. The van der Waals surface area contributed by atoms with Gasteiger partial charge in [0, 0.05) is 43.0 Å². The average molecular weight is 439 g/mol. The molecule has 2 heterocycles. The second kappa shape index (κ2) is 8.90. The Bertz CT molecular complexity index is 1310. The lowest BCUT2D eigenvalue weighted by Crippen LogP contribution is -2.37. The molecule has 0 aliphatic carbocycles. The van der Waals surface area contributed by atoms with Gasteiger partial charge in [-0.1, -0.05) is 29.8 Å². The van der Waals surface area contributed by atoms with Gasteiger partial charge in [0.1, 0.15) is 6.33 Å². The fraction of sp³-hybridized carbons (Fsp3) is 0.222. The molecule has 33 heavy (non-hydrogen) atoms. The number of amides is 2. The highest BCUT2D eigenvalue weighted by Gasteiger charge is 2.23. The van der Waals surface area contributed by atoms with Gasteiger partial charge in [-0.25, -0.2) is 4.98 Å². The molecule has 166 valence electrons. The Labute approximate surface area is 193 Å². The fourth-order valence-corrected chi connectivity index (χ4v) is 4.40. The van der Waals surface area contributed by atoms with Crippen LogP contribution in [0.4, 0.5) is 0 Å². The van der Waals surface area contributed by atoms with E-state index in [0.29, 0.717) is 37.3 Å². The summed E-state index contributed by atoms with van der Waals surface area (Å²) in [4.78, 5) is 34.2. The third-order valence-corrected chi connectivity index (χ3v) is 6.18. The predicted octanol–water partition coefficient (Wildman–Crippen LogP) is 4.32. The minimum Gasteiger partial charge on any atom is -0.337 e. The second-order valence-corrected chi connectivity index (χ2v) is 8.46. The lowest BCUT2D eigenvalue weighted by molar-refractivity contribution is 0.0718. The first-order valence-electron chi connectivity index (χ1n) is 11.3. The summed E-state index contributed by atoms with van der Waals surface area (Å²) in [7, 11) is 0. The van der Waals surface area contributed by atoms with Crippen LogP contribution < -0.4 is 0 Å². The first-order valence-corrected chi connectivity index (χ1v) is 11.3. The van der Waals surface area contributed by atoms with Gasteiger partial charge in [-0.3, -0.25) is 14.2 Å². The van der Waals surface area contributed by atoms with Gasteiger partial charge >= 0.3 is 0 Å². The van der Waals surface area contributed by atoms with Crippen molar-refractivity contribution in [2.24, 2.45) is 0 Å². The molecular formula is C27H26N4O2. The van der Waals surface area contributed by atoms with Crippen LogP contribution >= 0.6 is 0 Å². The molecule has 6 heteroatoms. The Balaban J connectivity index is 1.27. The van der Waals surface area contributed by atoms with Crippen molar-refractivity contribution < 1.29 is 9.59 Å². The largest absolute Gasteiger partial charge is 0.337 e. The van der Waals surface area contributed by atoms with Crippen molar-refractivity contribution in [3.8, 4) is 5.69 Å². The minimum atomic E-state index is 0.00175. The van der Waals surface area contributed by atoms with Crippen molar-refractivity contribution in [1.29, 1.82) is 0 Å². The van der Waals surface area contributed by atoms with E-state index in [2.05, 4.69) is 4.98 Å². The second-order valence-electron chi connectivity index (χ2n) is 8.46. The maximum Gasteiger partial charge on any atom is 0.253 e. The molecule has 3 aromatic carbocycles. The lowest BCUT2D eigenvalue weighted by Gasteiger charge is -2.22. The number of hydrogen-bond acceptors (Lipinski definition) is 3. The minimum absolute atomic E-state index is 0.00175. The number of benzene rings is 3. The van der Waals surface area contributed by atoms with Crippen LogP contribution in [0, 0.1) is 6.92 Å². The van der Waals surface area contributed by atoms with Gasteiger partial charge < -0.3 is 9.80 Å². The highest BCUT2D eigenvalue weighted by atomic mass is 16.2. The van der Waals surface area contributed by atoms with Crippen LogP contribution in [0.3, 0.4) is 0 Å². The number of carbonyl (C=O) groups excluding carboxylic acids is 2. The van der Waals surface area contributed by atoms with Crippen molar-refractivity contribution in [3.63, 3.8) is 0 Å². The Hall–Kier alpha value is -3.93. The van der Waals surface area contributed by atoms with Crippen LogP contribution in [0.15, 0.2) is 79.1 Å². The van der Waals surface area contributed by atoms with Gasteiger partial charge in [0.05, 0.1) is 11.0 Å². The van der Waals surface area contributed by atoms with Crippen LogP contribution in [-0.2, 0) is 0 Å². The van der Waals surface area contributed by atoms with Crippen molar-refractivity contribution >= 4 is 22.8 Å². The molecule has 0 unspecified atom stereocenters. The zero-order chi connectivity index (χ0) is 22.8. The van der Waals surface area contributed by atoms with Gasteiger partial charge in [0.2, 0.25) is 0 Å². The van der Waals surface area contributed by atoms with Crippen LogP contribution in [-0.4, -0.2) is 57.3 Å². The summed E-state index contributed by atoms with van der Waals surface area (Å²) in [6.07, 6.45) is 2.57. The molecular weight excluding hydrogens is 412 g/mol. The van der Waals surface area contributed by atoms with Gasteiger partial charge in [0.25, 0.3) is 11.8 Å². The molecule has 1 aliphatic heterocycles. The summed E-state index contributed by atoms with van der Waals surface area (Å²) in [5, 5.41) is 0. The standard InChI is InChI=1S/C27H26N4O2/c1-20-6-4-7-22(18-20)27(33)30-15-5-14-29(16-17-30)26(32)21-10-12-23(13-11-21)31-19-28-24-8-2-3-9-25(24)31/h2-4,6-13,18-19H,5,14-17H2,1H3. The maximum absolute atomic E-state index is 13.2. The van der Waals surface area contributed by atoms with E-state index in [1.807, 2.05) is 94.1 Å². The van der Waals surface area contributed by atoms with E-state index in [0.717, 1.165) is 28.7 Å². The van der Waals surface area contributed by atoms with E-state index in [4.69, 9.17) is 0 Å². The third kappa shape index (κ3) is 4.24. The molecule has 1 aromatic heterocycles. The summed E-state index contributed by atoms with van der Waals surface area (Å²) in [5.74, 6) is 0.0341. The summed E-state index contributed by atoms with van der Waals surface area (Å²) in [6, 6.07) is 23.3. The number of fused-ring (bicyclic) bond motifs is 1. The summed E-state index contributed by atoms with van der Waals surface area (Å²) < 4.78 is 2.02. The molecule has 0 radical (unpaired) electrons. The van der Waals surface area contributed by atoms with Gasteiger partial charge in [0.15, 0.2) is 0 Å². The molecule has 6 nitrogen and oxygen atoms in total. The van der Waals surface area contributed by atoms with Crippen molar-refractivity contribution in [2.45, 2.75) is 13.3 Å². The predicted molar refractivity (Wildman–Crippen MR) is 129 cm³/mol. The summed E-state index contributed by atoms with van der Waals surface area (Å²) in [5.41, 5.74) is 5.36. The van der Waals surface area contributed by atoms with Crippen LogP contribution in [0.2, 0.25) is 0 Å². The number of hydrogen-bond donors (Lipinski definition) is 0. The molecule has 2 amide bonds. The number of rotatable bonds is 3. The first kappa shape index (κ1) is 20.9. The van der Waals surface area contributed by atoms with Crippen molar-refractivity contribution in [2.75, 3.05) is 26.2 Å². The SMILES string of the molecule is Cc1cccc(C(=O)N2CCCN(C(=O)c3ccc(-n4cnc5ccccc54)cc3)CC2)c1. The van der Waals surface area contributed by atoms with E-state index in [9.17, 15) is 9.59 Å². The monoisotopic (exact) mass is 438 g/mol. The first-order chi connectivity index (χ1) is 16.1. The number of aryl methyl sites for hydroxylation is 1. The zero-order valence-corrected chi connectivity index (χ0v) is 18.6. The highest BCUT2D eigenvalue weighted by molar-refractivity contribution is 5.95. The number of nitrogens with zero attached hydrogens (tertiary/aromatic N) is 4. The smallest absolute Gasteiger partial charge is 0.253 e. The molecule has 0 N–H and O–H groups in total. The van der Waals surface area contributed by atoms with Crippen molar-refractivity contribution in [1.82, 2.24) is 19.4 Å². The Morgan fingerprint density at radius 1 is 0.758 bits per heavy atom. The summed E-state index contributed by atoms with van der Waals surface area (Å²) in [6.45, 7) is 4.36. The van der Waals surface area contributed by atoms with E-state index in [1.54, 1.807) is 6.33 Å². The van der Waals surface area contributed by atoms with Crippen LogP contribution in [0.5, 0.6) is 0 Å². The number of carbonyl (C=O) groups is 2. The van der Waals surface area contributed by atoms with Crippen molar-refractivity contribution in [3.05, 3.63) is 95.8 Å². The molecule has 5 rings (SSSR count). The number of imidazole rings is 1. The molecule has 1 fully saturated rings. The normalized spacial score (nSPS) is 14.3. The molecule has 0 atom stereocenters. The Morgan fingerprint density at radius 2 is 1.45 bits per heavy atom. The Kier molecular flexibility index (Phi) is 5.65. The van der Waals surface area contributed by atoms with Crippen LogP contribution in [0.1, 0.15) is 32.7 Å². The molecule has 0 saturated carbocycles. The van der Waals surface area contributed by atoms with E-state index < -0.39 is 0 Å². The lowest BCUT2D eigenvalue weighted by atomic mass is 10.1. The molecule has 1 aliphatic rings. The number of aromatic nitrogens is 2. The van der Waals surface area contributed by atoms with E-state index >= 15 is 0 Å². The quantitative estimate of drug-likeness (QED) is 0.479. The third-order valence-electron chi connectivity index (χ3n) is 6.18. The van der Waals surface area contributed by atoms with Gasteiger partial charge in [-0.05, 0) is 61.9 Å². The fourth-order valence-electron chi connectivity index (χ4n) is 4.40. The topological polar surface area (TPSA) is 58.4 Å². The van der Waals surface area contributed by atoms with E-state index in [1.165, 1.54) is 0 Å². The van der Waals surface area contributed by atoms with Gasteiger partial charge in [-0.15, -0.1) is 0 Å². The average Bonchev–Trinajstić information content (AvgIpc) is 3.12. The van der Waals surface area contributed by atoms with Crippen LogP contribution in [0.25, 0.3) is 16.7 Å².